The van der Waals surface area contributed by atoms with Crippen molar-refractivity contribution in [3.63, 3.8) is 0 Å². The summed E-state index contributed by atoms with van der Waals surface area (Å²) in [4.78, 5) is 4.44. The lowest BCUT2D eigenvalue weighted by Gasteiger charge is -2.26. The van der Waals surface area contributed by atoms with Gasteiger partial charge in [-0.1, -0.05) is 34.6 Å². The summed E-state index contributed by atoms with van der Waals surface area (Å²) >= 11 is 0. The Kier molecular flexibility index (Phi) is 7.73. The van der Waals surface area contributed by atoms with E-state index in [1.165, 1.54) is 11.3 Å². The first-order chi connectivity index (χ1) is 9.95. The van der Waals surface area contributed by atoms with Crippen LogP contribution in [0, 0.1) is 24.7 Å². The van der Waals surface area contributed by atoms with E-state index in [0.717, 1.165) is 31.7 Å². The summed E-state index contributed by atoms with van der Waals surface area (Å²) in [5.74, 6) is 2.08. The minimum atomic E-state index is 0.690. The van der Waals surface area contributed by atoms with E-state index < -0.39 is 0 Å². The molecule has 0 bridgehead atoms. The van der Waals surface area contributed by atoms with Gasteiger partial charge in [0.15, 0.2) is 0 Å². The third kappa shape index (κ3) is 6.04. The van der Waals surface area contributed by atoms with Gasteiger partial charge in [0.1, 0.15) is 0 Å². The molecule has 2 N–H and O–H groups in total. The van der Waals surface area contributed by atoms with Crippen LogP contribution in [0.4, 0.5) is 5.69 Å². The van der Waals surface area contributed by atoms with Crippen molar-refractivity contribution >= 4 is 5.69 Å². The van der Waals surface area contributed by atoms with Gasteiger partial charge in [-0.3, -0.25) is 4.98 Å². The van der Waals surface area contributed by atoms with Crippen LogP contribution >= 0.6 is 0 Å². The van der Waals surface area contributed by atoms with Crippen molar-refractivity contribution < 1.29 is 0 Å². The summed E-state index contributed by atoms with van der Waals surface area (Å²) < 4.78 is 0. The Morgan fingerprint density at radius 3 is 2.38 bits per heavy atom. The quantitative estimate of drug-likeness (QED) is 0.669. The van der Waals surface area contributed by atoms with E-state index in [-0.39, 0.29) is 0 Å². The first kappa shape index (κ1) is 18.0. The van der Waals surface area contributed by atoms with Crippen molar-refractivity contribution in [1.29, 1.82) is 0 Å². The predicted octanol–water partition coefficient (Wildman–Crippen LogP) is 4.23. The largest absolute Gasteiger partial charge is 0.384 e. The predicted molar refractivity (Wildman–Crippen MR) is 92.6 cm³/mol. The summed E-state index contributed by atoms with van der Waals surface area (Å²) in [6.45, 7) is 16.5. The SMILES string of the molecule is CCCNCc1cnc(C)cc1NCC(C(C)C)C(C)C. The summed E-state index contributed by atoms with van der Waals surface area (Å²) in [5.41, 5.74) is 3.57. The van der Waals surface area contributed by atoms with E-state index in [1.807, 2.05) is 6.20 Å². The number of aromatic nitrogens is 1. The molecule has 0 saturated carbocycles. The van der Waals surface area contributed by atoms with Gasteiger partial charge in [0.25, 0.3) is 0 Å². The Labute approximate surface area is 130 Å². The molecule has 1 rings (SSSR count). The average Bonchev–Trinajstić information content (AvgIpc) is 2.40. The number of anilines is 1. The fourth-order valence-electron chi connectivity index (χ4n) is 2.76. The fourth-order valence-corrected chi connectivity index (χ4v) is 2.76. The second-order valence-electron chi connectivity index (χ2n) is 6.69. The maximum absolute atomic E-state index is 4.44. The molecular weight excluding hydrogens is 258 g/mol. The molecule has 0 aliphatic heterocycles. The van der Waals surface area contributed by atoms with Crippen molar-refractivity contribution in [2.75, 3.05) is 18.4 Å². The van der Waals surface area contributed by atoms with Gasteiger partial charge in [-0.25, -0.2) is 0 Å². The molecule has 1 aromatic heterocycles. The smallest absolute Gasteiger partial charge is 0.0419 e. The van der Waals surface area contributed by atoms with Crippen LogP contribution in [-0.4, -0.2) is 18.1 Å². The van der Waals surface area contributed by atoms with E-state index in [2.05, 4.69) is 63.2 Å². The highest BCUT2D eigenvalue weighted by Gasteiger charge is 2.17. The lowest BCUT2D eigenvalue weighted by atomic mass is 9.85. The van der Waals surface area contributed by atoms with Crippen molar-refractivity contribution in [3.8, 4) is 0 Å². The molecule has 120 valence electrons. The van der Waals surface area contributed by atoms with Crippen molar-refractivity contribution in [2.24, 2.45) is 17.8 Å². The average molecular weight is 291 g/mol. The van der Waals surface area contributed by atoms with Gasteiger partial charge in [0, 0.05) is 36.2 Å². The molecule has 1 heterocycles. The zero-order chi connectivity index (χ0) is 15.8. The van der Waals surface area contributed by atoms with Crippen LogP contribution in [0.15, 0.2) is 12.3 Å². The van der Waals surface area contributed by atoms with Crippen molar-refractivity contribution in [1.82, 2.24) is 10.3 Å². The third-order valence-corrected chi connectivity index (χ3v) is 4.11. The molecule has 0 aliphatic rings. The van der Waals surface area contributed by atoms with E-state index in [0.29, 0.717) is 17.8 Å². The molecule has 0 amide bonds. The van der Waals surface area contributed by atoms with Crippen LogP contribution < -0.4 is 10.6 Å². The zero-order valence-electron chi connectivity index (χ0n) is 14.7. The lowest BCUT2D eigenvalue weighted by Crippen LogP contribution is -2.25. The molecule has 3 nitrogen and oxygen atoms in total. The number of nitrogens with zero attached hydrogens (tertiary/aromatic N) is 1. The van der Waals surface area contributed by atoms with Crippen molar-refractivity contribution in [2.45, 2.75) is 54.5 Å². The van der Waals surface area contributed by atoms with E-state index in [1.54, 1.807) is 0 Å². The number of nitrogens with one attached hydrogen (secondary N) is 2. The first-order valence-corrected chi connectivity index (χ1v) is 8.35. The minimum Gasteiger partial charge on any atom is -0.384 e. The highest BCUT2D eigenvalue weighted by atomic mass is 14.9. The Balaban J connectivity index is 2.73. The first-order valence-electron chi connectivity index (χ1n) is 8.35. The van der Waals surface area contributed by atoms with Gasteiger partial charge in [-0.15, -0.1) is 0 Å². The second kappa shape index (κ2) is 9.04. The van der Waals surface area contributed by atoms with Crippen LogP contribution in [0.5, 0.6) is 0 Å². The van der Waals surface area contributed by atoms with Crippen LogP contribution in [-0.2, 0) is 6.54 Å². The van der Waals surface area contributed by atoms with Gasteiger partial charge in [0.05, 0.1) is 0 Å². The summed E-state index contributed by atoms with van der Waals surface area (Å²) in [7, 11) is 0. The lowest BCUT2D eigenvalue weighted by molar-refractivity contribution is 0.304. The van der Waals surface area contributed by atoms with Gasteiger partial charge in [0.2, 0.25) is 0 Å². The van der Waals surface area contributed by atoms with E-state index in [4.69, 9.17) is 0 Å². The molecule has 0 unspecified atom stereocenters. The van der Waals surface area contributed by atoms with Crippen molar-refractivity contribution in [3.05, 3.63) is 23.5 Å². The molecule has 0 fully saturated rings. The maximum atomic E-state index is 4.44. The summed E-state index contributed by atoms with van der Waals surface area (Å²) in [6, 6.07) is 2.17. The number of rotatable bonds is 9. The van der Waals surface area contributed by atoms with Crippen LogP contribution in [0.3, 0.4) is 0 Å². The second-order valence-corrected chi connectivity index (χ2v) is 6.69. The molecule has 1 aromatic rings. The number of hydrogen-bond donors (Lipinski definition) is 2. The standard InChI is InChI=1S/C18H33N3/c1-7-8-19-10-16-11-20-15(6)9-18(16)21-12-17(13(2)3)14(4)5/h9,11,13-14,17,19H,7-8,10,12H2,1-6H3,(H,20,21). The normalized spacial score (nSPS) is 11.7. The van der Waals surface area contributed by atoms with Gasteiger partial charge >= 0.3 is 0 Å². The van der Waals surface area contributed by atoms with Gasteiger partial charge in [-0.05, 0) is 43.7 Å². The van der Waals surface area contributed by atoms with Gasteiger partial charge < -0.3 is 10.6 Å². The Hall–Kier alpha value is -1.09. The highest BCUT2D eigenvalue weighted by Crippen LogP contribution is 2.23. The van der Waals surface area contributed by atoms with Gasteiger partial charge in [-0.2, -0.15) is 0 Å². The van der Waals surface area contributed by atoms with Crippen LogP contribution in [0.1, 0.15) is 52.3 Å². The maximum Gasteiger partial charge on any atom is 0.0419 e. The molecule has 0 atom stereocenters. The third-order valence-electron chi connectivity index (χ3n) is 4.11. The molecule has 0 saturated heterocycles. The number of aryl methyl sites for hydroxylation is 1. The highest BCUT2D eigenvalue weighted by molar-refractivity contribution is 5.51. The molecule has 0 radical (unpaired) electrons. The van der Waals surface area contributed by atoms with Crippen LogP contribution in [0.25, 0.3) is 0 Å². The Bertz CT molecular complexity index is 405. The minimum absolute atomic E-state index is 0.690. The zero-order valence-corrected chi connectivity index (χ0v) is 14.7. The molecule has 0 spiro atoms. The fraction of sp³-hybridized carbons (Fsp3) is 0.722. The molecule has 0 aromatic carbocycles. The van der Waals surface area contributed by atoms with Crippen LogP contribution in [0.2, 0.25) is 0 Å². The topological polar surface area (TPSA) is 37.0 Å². The Morgan fingerprint density at radius 1 is 1.14 bits per heavy atom. The molecular formula is C18H33N3. The molecule has 3 heteroatoms. The van der Waals surface area contributed by atoms with E-state index >= 15 is 0 Å². The Morgan fingerprint density at radius 2 is 1.81 bits per heavy atom. The summed E-state index contributed by atoms with van der Waals surface area (Å²) in [5, 5.41) is 7.13. The monoisotopic (exact) mass is 291 g/mol. The molecule has 0 aliphatic carbocycles. The number of hydrogen-bond acceptors (Lipinski definition) is 3. The van der Waals surface area contributed by atoms with E-state index in [9.17, 15) is 0 Å². The number of pyridine rings is 1. The molecule has 21 heavy (non-hydrogen) atoms. The summed E-state index contributed by atoms with van der Waals surface area (Å²) in [6.07, 6.45) is 3.16.